The Hall–Kier alpha value is -1.81. The number of hydrogen-bond acceptors (Lipinski definition) is 10. The summed E-state index contributed by atoms with van der Waals surface area (Å²) in [6.07, 6.45) is 2.05. The lowest BCUT2D eigenvalue weighted by Gasteiger charge is -2.22. The molecule has 27 heavy (non-hydrogen) atoms. The zero-order valence-electron chi connectivity index (χ0n) is 16.3. The molecule has 0 aliphatic heterocycles. The standard InChI is InChI=1S/C17H27N3O5S2/c1-6-7-12(14(21)24-17(2,3)4)25-20-13(11-10-27-16(18)19-11)15(22)23-8-9-26-5/h10,12H,6-9H2,1-5H3,(H2,18,19)/b20-13-. The maximum absolute atomic E-state index is 12.4. The third kappa shape index (κ3) is 8.61. The highest BCUT2D eigenvalue weighted by Crippen LogP contribution is 2.16. The van der Waals surface area contributed by atoms with Gasteiger partial charge < -0.3 is 20.0 Å². The second-order valence-electron chi connectivity index (χ2n) is 6.56. The van der Waals surface area contributed by atoms with Crippen LogP contribution in [0.1, 0.15) is 46.2 Å². The fourth-order valence-electron chi connectivity index (χ4n) is 1.83. The average molecular weight is 418 g/mol. The molecule has 0 spiro atoms. The molecule has 0 amide bonds. The van der Waals surface area contributed by atoms with E-state index >= 15 is 0 Å². The molecule has 1 atom stereocenters. The number of nitrogens with two attached hydrogens (primary N) is 1. The summed E-state index contributed by atoms with van der Waals surface area (Å²) in [4.78, 5) is 34.1. The number of rotatable bonds is 10. The van der Waals surface area contributed by atoms with Gasteiger partial charge in [0.1, 0.15) is 17.9 Å². The molecule has 0 saturated carbocycles. The van der Waals surface area contributed by atoms with E-state index in [0.717, 1.165) is 11.3 Å². The quantitative estimate of drug-likeness (QED) is 0.268. The molecule has 1 aromatic heterocycles. The van der Waals surface area contributed by atoms with E-state index in [1.807, 2.05) is 13.2 Å². The molecule has 10 heteroatoms. The first kappa shape index (κ1) is 23.2. The third-order valence-corrected chi connectivity index (χ3v) is 4.22. The van der Waals surface area contributed by atoms with E-state index < -0.39 is 23.6 Å². The molecule has 1 unspecified atom stereocenters. The molecule has 0 bridgehead atoms. The van der Waals surface area contributed by atoms with Gasteiger partial charge in [-0.25, -0.2) is 14.6 Å². The van der Waals surface area contributed by atoms with Crippen LogP contribution in [0.3, 0.4) is 0 Å². The predicted octanol–water partition coefficient (Wildman–Crippen LogP) is 2.86. The first-order valence-corrected chi connectivity index (χ1v) is 10.8. The molecule has 152 valence electrons. The van der Waals surface area contributed by atoms with Crippen LogP contribution < -0.4 is 5.73 Å². The minimum atomic E-state index is -0.931. The average Bonchev–Trinajstić information content (AvgIpc) is 2.99. The number of hydrogen-bond donors (Lipinski definition) is 1. The normalized spacial score (nSPS) is 13.1. The number of thioether (sulfide) groups is 1. The topological polar surface area (TPSA) is 113 Å². The largest absolute Gasteiger partial charge is 0.460 e. The summed E-state index contributed by atoms with van der Waals surface area (Å²) in [6, 6.07) is 0. The van der Waals surface area contributed by atoms with Gasteiger partial charge in [0, 0.05) is 11.1 Å². The Morgan fingerprint density at radius 1 is 1.41 bits per heavy atom. The van der Waals surface area contributed by atoms with Crippen molar-refractivity contribution in [3.8, 4) is 0 Å². The van der Waals surface area contributed by atoms with Crippen LogP contribution in [0.2, 0.25) is 0 Å². The van der Waals surface area contributed by atoms with E-state index in [1.165, 1.54) is 0 Å². The number of aromatic nitrogens is 1. The van der Waals surface area contributed by atoms with Crippen LogP contribution in [-0.2, 0) is 23.9 Å². The molecule has 1 aromatic rings. The van der Waals surface area contributed by atoms with Gasteiger partial charge in [-0.05, 0) is 33.4 Å². The molecule has 8 nitrogen and oxygen atoms in total. The molecule has 0 aromatic carbocycles. The summed E-state index contributed by atoms with van der Waals surface area (Å²) >= 11 is 2.71. The number of nitrogens with zero attached hydrogens (tertiary/aromatic N) is 2. The Morgan fingerprint density at radius 3 is 2.63 bits per heavy atom. The van der Waals surface area contributed by atoms with E-state index in [2.05, 4.69) is 10.1 Å². The Labute approximate surface area is 167 Å². The predicted molar refractivity (Wildman–Crippen MR) is 108 cm³/mol. The van der Waals surface area contributed by atoms with Gasteiger partial charge in [0.15, 0.2) is 5.13 Å². The minimum Gasteiger partial charge on any atom is -0.460 e. The summed E-state index contributed by atoms with van der Waals surface area (Å²) < 4.78 is 10.5. The van der Waals surface area contributed by atoms with E-state index in [9.17, 15) is 9.59 Å². The summed E-state index contributed by atoms with van der Waals surface area (Å²) in [5.41, 5.74) is 5.10. The number of esters is 2. The maximum atomic E-state index is 12.4. The second kappa shape index (κ2) is 11.1. The first-order chi connectivity index (χ1) is 12.7. The van der Waals surface area contributed by atoms with Crippen molar-refractivity contribution in [2.75, 3.05) is 24.3 Å². The van der Waals surface area contributed by atoms with Crippen LogP contribution in [-0.4, -0.2) is 53.0 Å². The fourth-order valence-corrected chi connectivity index (χ4v) is 2.63. The van der Waals surface area contributed by atoms with Crippen molar-refractivity contribution in [2.45, 2.75) is 52.2 Å². The van der Waals surface area contributed by atoms with Gasteiger partial charge in [0.05, 0.1) is 0 Å². The zero-order valence-corrected chi connectivity index (χ0v) is 17.9. The van der Waals surface area contributed by atoms with Gasteiger partial charge in [0.2, 0.25) is 11.8 Å². The second-order valence-corrected chi connectivity index (χ2v) is 8.43. The molecule has 0 aliphatic carbocycles. The number of nitrogen functional groups attached to an aromatic ring is 1. The van der Waals surface area contributed by atoms with Crippen molar-refractivity contribution in [3.05, 3.63) is 11.1 Å². The highest BCUT2D eigenvalue weighted by Gasteiger charge is 2.28. The Kier molecular flexibility index (Phi) is 9.57. The van der Waals surface area contributed by atoms with E-state index in [-0.39, 0.29) is 23.1 Å². The SMILES string of the molecule is CCCC(O/N=C(\C(=O)OCCSC)c1csc(N)n1)C(=O)OC(C)(C)C. The van der Waals surface area contributed by atoms with Crippen molar-refractivity contribution in [3.63, 3.8) is 0 Å². The van der Waals surface area contributed by atoms with E-state index in [1.54, 1.807) is 37.9 Å². The molecule has 1 heterocycles. The maximum Gasteiger partial charge on any atom is 0.362 e. The fraction of sp³-hybridized carbons (Fsp3) is 0.647. The van der Waals surface area contributed by atoms with Crippen molar-refractivity contribution >= 4 is 45.9 Å². The van der Waals surface area contributed by atoms with Gasteiger partial charge in [0.25, 0.3) is 0 Å². The minimum absolute atomic E-state index is 0.131. The monoisotopic (exact) mass is 417 g/mol. The van der Waals surface area contributed by atoms with Gasteiger partial charge in [-0.2, -0.15) is 11.8 Å². The van der Waals surface area contributed by atoms with Crippen molar-refractivity contribution in [1.82, 2.24) is 4.98 Å². The van der Waals surface area contributed by atoms with Crippen molar-refractivity contribution in [1.29, 1.82) is 0 Å². The number of oxime groups is 1. The highest BCUT2D eigenvalue weighted by molar-refractivity contribution is 7.98. The number of anilines is 1. The van der Waals surface area contributed by atoms with Crippen LogP contribution >= 0.6 is 23.1 Å². The van der Waals surface area contributed by atoms with Gasteiger partial charge in [-0.3, -0.25) is 0 Å². The molecule has 0 aliphatic rings. The van der Waals surface area contributed by atoms with Gasteiger partial charge in [-0.15, -0.1) is 11.3 Å². The van der Waals surface area contributed by atoms with Crippen molar-refractivity contribution < 1.29 is 23.9 Å². The molecule has 1 rings (SSSR count). The summed E-state index contributed by atoms with van der Waals surface area (Å²) in [7, 11) is 0. The lowest BCUT2D eigenvalue weighted by molar-refractivity contribution is -0.169. The van der Waals surface area contributed by atoms with Crippen LogP contribution in [0.4, 0.5) is 5.13 Å². The number of ether oxygens (including phenoxy) is 2. The molecule has 0 fully saturated rings. The summed E-state index contributed by atoms with van der Waals surface area (Å²) in [5.74, 6) is -0.579. The Balaban J connectivity index is 2.99. The summed E-state index contributed by atoms with van der Waals surface area (Å²) in [5, 5.41) is 5.74. The third-order valence-electron chi connectivity index (χ3n) is 2.97. The number of thiazole rings is 1. The molecule has 2 N–H and O–H groups in total. The lowest BCUT2D eigenvalue weighted by atomic mass is 10.1. The molecule has 0 radical (unpaired) electrons. The van der Waals surface area contributed by atoms with Crippen LogP contribution in [0.25, 0.3) is 0 Å². The number of carbonyl (C=O) groups excluding carboxylic acids is 2. The van der Waals surface area contributed by atoms with E-state index in [4.69, 9.17) is 20.0 Å². The van der Waals surface area contributed by atoms with Crippen LogP contribution in [0, 0.1) is 0 Å². The smallest absolute Gasteiger partial charge is 0.362 e. The van der Waals surface area contributed by atoms with Gasteiger partial charge >= 0.3 is 11.9 Å². The van der Waals surface area contributed by atoms with Gasteiger partial charge in [-0.1, -0.05) is 18.5 Å². The van der Waals surface area contributed by atoms with Crippen LogP contribution in [0.15, 0.2) is 10.5 Å². The lowest BCUT2D eigenvalue weighted by Crippen LogP contribution is -2.33. The van der Waals surface area contributed by atoms with Crippen LogP contribution in [0.5, 0.6) is 0 Å². The van der Waals surface area contributed by atoms with E-state index in [0.29, 0.717) is 18.6 Å². The van der Waals surface area contributed by atoms with Crippen molar-refractivity contribution in [2.24, 2.45) is 5.16 Å². The zero-order chi connectivity index (χ0) is 20.4. The molecular weight excluding hydrogens is 390 g/mol. The Bertz CT molecular complexity index is 655. The molecular formula is C17H27N3O5S2. The Morgan fingerprint density at radius 2 is 2.11 bits per heavy atom. The summed E-state index contributed by atoms with van der Waals surface area (Å²) in [6.45, 7) is 7.43. The highest BCUT2D eigenvalue weighted by atomic mass is 32.2. The first-order valence-electron chi connectivity index (χ1n) is 8.52. The molecule has 0 saturated heterocycles. The number of carbonyl (C=O) groups is 2.